The van der Waals surface area contributed by atoms with E-state index in [1.54, 1.807) is 0 Å². The van der Waals surface area contributed by atoms with E-state index in [-0.39, 0.29) is 0 Å². The molecule has 0 amide bonds. The molecule has 1 aromatic rings. The molecule has 0 N–H and O–H groups in total. The van der Waals surface area contributed by atoms with Crippen LogP contribution in [0.3, 0.4) is 0 Å². The standard InChI is InChI=1S/C7H2BrClF2N2O3/c8-4-3(5(9)14)2(6(10)11)1-12-7(4)13(15)16/h1,6H. The lowest BCUT2D eigenvalue weighted by Crippen LogP contribution is -2.05. The van der Waals surface area contributed by atoms with Gasteiger partial charge >= 0.3 is 5.82 Å². The van der Waals surface area contributed by atoms with Crippen LogP contribution in [0.15, 0.2) is 10.7 Å². The smallest absolute Gasteiger partial charge is 0.358 e. The lowest BCUT2D eigenvalue weighted by molar-refractivity contribution is -0.390. The fourth-order valence-electron chi connectivity index (χ4n) is 0.983. The zero-order chi connectivity index (χ0) is 12.5. The molecular formula is C7H2BrClF2N2O3. The molecule has 0 aromatic carbocycles. The summed E-state index contributed by atoms with van der Waals surface area (Å²) < 4.78 is 24.5. The van der Waals surface area contributed by atoms with Gasteiger partial charge in [-0.05, 0) is 37.4 Å². The van der Waals surface area contributed by atoms with Crippen LogP contribution in [0.5, 0.6) is 0 Å². The number of alkyl halides is 2. The minimum Gasteiger partial charge on any atom is -0.358 e. The van der Waals surface area contributed by atoms with Crippen molar-refractivity contribution >= 4 is 38.6 Å². The van der Waals surface area contributed by atoms with Crippen LogP contribution in [-0.4, -0.2) is 15.1 Å². The van der Waals surface area contributed by atoms with Gasteiger partial charge in [-0.1, -0.05) is 0 Å². The van der Waals surface area contributed by atoms with E-state index < -0.39 is 38.0 Å². The summed E-state index contributed by atoms with van der Waals surface area (Å²) in [6.45, 7) is 0. The Morgan fingerprint density at radius 3 is 2.56 bits per heavy atom. The van der Waals surface area contributed by atoms with Crippen LogP contribution in [0.25, 0.3) is 0 Å². The predicted octanol–water partition coefficient (Wildman–Crippen LogP) is 3.07. The summed E-state index contributed by atoms with van der Waals surface area (Å²) in [5, 5.41) is 9.23. The molecule has 0 aliphatic heterocycles. The van der Waals surface area contributed by atoms with Gasteiger partial charge in [0, 0.05) is 0 Å². The average Bonchev–Trinajstić information content (AvgIpc) is 2.15. The van der Waals surface area contributed by atoms with Gasteiger partial charge in [0.05, 0.1) is 11.1 Å². The maximum absolute atomic E-state index is 12.5. The Kier molecular flexibility index (Phi) is 3.87. The van der Waals surface area contributed by atoms with E-state index in [0.29, 0.717) is 6.20 Å². The van der Waals surface area contributed by atoms with Gasteiger partial charge in [0.1, 0.15) is 10.7 Å². The van der Waals surface area contributed by atoms with Crippen LogP contribution in [0.1, 0.15) is 22.3 Å². The summed E-state index contributed by atoms with van der Waals surface area (Å²) in [5.74, 6) is -0.742. The molecule has 0 unspecified atom stereocenters. The monoisotopic (exact) mass is 314 g/mol. The van der Waals surface area contributed by atoms with Crippen LogP contribution in [0.4, 0.5) is 14.6 Å². The molecule has 0 fully saturated rings. The Morgan fingerprint density at radius 2 is 2.19 bits per heavy atom. The van der Waals surface area contributed by atoms with Crippen LogP contribution in [-0.2, 0) is 0 Å². The fourth-order valence-corrected chi connectivity index (χ4v) is 1.96. The van der Waals surface area contributed by atoms with Gasteiger partial charge < -0.3 is 10.1 Å². The number of nitrogens with zero attached hydrogens (tertiary/aromatic N) is 2. The molecule has 0 aliphatic rings. The maximum Gasteiger partial charge on any atom is 0.378 e. The summed E-state index contributed by atoms with van der Waals surface area (Å²) in [6, 6.07) is 0. The third kappa shape index (κ3) is 2.33. The fraction of sp³-hybridized carbons (Fsp3) is 0.143. The molecule has 1 heterocycles. The highest BCUT2D eigenvalue weighted by Crippen LogP contribution is 2.34. The molecule has 0 radical (unpaired) electrons. The van der Waals surface area contributed by atoms with Gasteiger partial charge in [0.25, 0.3) is 11.7 Å². The van der Waals surface area contributed by atoms with Crippen LogP contribution < -0.4 is 0 Å². The number of hydrogen-bond acceptors (Lipinski definition) is 4. The molecular weight excluding hydrogens is 313 g/mol. The molecule has 0 atom stereocenters. The third-order valence-corrected chi connectivity index (χ3v) is 2.58. The molecule has 5 nitrogen and oxygen atoms in total. The molecule has 86 valence electrons. The van der Waals surface area contributed by atoms with Gasteiger partial charge in [-0.2, -0.15) is 0 Å². The first kappa shape index (κ1) is 12.9. The Bertz CT molecular complexity index is 469. The Hall–Kier alpha value is -1.15. The normalized spacial score (nSPS) is 10.6. The van der Waals surface area contributed by atoms with Crippen molar-refractivity contribution in [2.75, 3.05) is 0 Å². The Labute approximate surface area is 101 Å². The van der Waals surface area contributed by atoms with E-state index in [4.69, 9.17) is 11.6 Å². The van der Waals surface area contributed by atoms with Crippen LogP contribution in [0.2, 0.25) is 0 Å². The van der Waals surface area contributed by atoms with Gasteiger partial charge in [0.15, 0.2) is 0 Å². The summed E-state index contributed by atoms with van der Waals surface area (Å²) >= 11 is 7.74. The van der Waals surface area contributed by atoms with Crippen molar-refractivity contribution in [3.63, 3.8) is 0 Å². The molecule has 1 rings (SSSR count). The first-order chi connectivity index (χ1) is 7.36. The summed E-state index contributed by atoms with van der Waals surface area (Å²) in [5.41, 5.74) is -1.39. The first-order valence-electron chi connectivity index (χ1n) is 3.67. The van der Waals surface area contributed by atoms with Crippen LogP contribution in [0, 0.1) is 10.1 Å². The number of carbonyl (C=O) groups excluding carboxylic acids is 1. The van der Waals surface area contributed by atoms with Crippen molar-refractivity contribution in [2.24, 2.45) is 0 Å². The average molecular weight is 315 g/mol. The van der Waals surface area contributed by atoms with Gasteiger partial charge in [-0.25, -0.2) is 8.78 Å². The SMILES string of the molecule is O=C(Cl)c1c(C(F)F)cnc([N+](=O)[O-])c1Br. The second kappa shape index (κ2) is 4.79. The number of hydrogen-bond donors (Lipinski definition) is 0. The summed E-state index contributed by atoms with van der Waals surface area (Å²) in [6.07, 6.45) is -2.44. The minimum atomic E-state index is -3.00. The van der Waals surface area contributed by atoms with Crippen molar-refractivity contribution in [1.82, 2.24) is 4.98 Å². The highest BCUT2D eigenvalue weighted by atomic mass is 79.9. The lowest BCUT2D eigenvalue weighted by Gasteiger charge is -2.05. The molecule has 0 bridgehead atoms. The van der Waals surface area contributed by atoms with E-state index >= 15 is 0 Å². The molecule has 16 heavy (non-hydrogen) atoms. The molecule has 9 heteroatoms. The van der Waals surface area contributed by atoms with Crippen molar-refractivity contribution in [1.29, 1.82) is 0 Å². The van der Waals surface area contributed by atoms with Crippen molar-refractivity contribution in [2.45, 2.75) is 6.43 Å². The topological polar surface area (TPSA) is 73.1 Å². The molecule has 0 saturated heterocycles. The van der Waals surface area contributed by atoms with Gasteiger partial charge in [-0.15, -0.1) is 0 Å². The third-order valence-electron chi connectivity index (χ3n) is 1.63. The molecule has 0 saturated carbocycles. The van der Waals surface area contributed by atoms with Gasteiger partial charge in [-0.3, -0.25) is 4.79 Å². The predicted molar refractivity (Wildman–Crippen MR) is 53.7 cm³/mol. The zero-order valence-electron chi connectivity index (χ0n) is 7.29. The van der Waals surface area contributed by atoms with Crippen molar-refractivity contribution in [3.8, 4) is 0 Å². The number of halogens is 4. The van der Waals surface area contributed by atoms with E-state index in [9.17, 15) is 23.7 Å². The zero-order valence-corrected chi connectivity index (χ0v) is 9.63. The van der Waals surface area contributed by atoms with Crippen LogP contribution >= 0.6 is 27.5 Å². The maximum atomic E-state index is 12.5. The second-order valence-corrected chi connectivity index (χ2v) is 3.69. The number of aromatic nitrogens is 1. The van der Waals surface area contributed by atoms with Crippen molar-refractivity contribution in [3.05, 3.63) is 31.9 Å². The lowest BCUT2D eigenvalue weighted by atomic mass is 10.1. The van der Waals surface area contributed by atoms with E-state index in [0.717, 1.165) is 0 Å². The highest BCUT2D eigenvalue weighted by Gasteiger charge is 2.28. The number of carbonyl (C=O) groups is 1. The van der Waals surface area contributed by atoms with Crippen molar-refractivity contribution < 1.29 is 18.5 Å². The molecule has 0 spiro atoms. The summed E-state index contributed by atoms with van der Waals surface area (Å²) in [7, 11) is 0. The Morgan fingerprint density at radius 1 is 1.62 bits per heavy atom. The number of rotatable bonds is 3. The quantitative estimate of drug-likeness (QED) is 0.488. The number of pyridine rings is 1. The summed E-state index contributed by atoms with van der Waals surface area (Å²) in [4.78, 5) is 23.7. The van der Waals surface area contributed by atoms with E-state index in [2.05, 4.69) is 20.9 Å². The van der Waals surface area contributed by atoms with E-state index in [1.165, 1.54) is 0 Å². The Balaban J connectivity index is 3.54. The minimum absolute atomic E-state index is 0.449. The second-order valence-electron chi connectivity index (χ2n) is 2.56. The number of nitro groups is 1. The largest absolute Gasteiger partial charge is 0.378 e. The first-order valence-corrected chi connectivity index (χ1v) is 4.84. The van der Waals surface area contributed by atoms with E-state index in [1.807, 2.05) is 0 Å². The molecule has 0 aliphatic carbocycles. The van der Waals surface area contributed by atoms with Gasteiger partial charge in [0.2, 0.25) is 0 Å². The molecule has 1 aromatic heterocycles. The highest BCUT2D eigenvalue weighted by molar-refractivity contribution is 9.10.